The molecule has 0 saturated carbocycles. The maximum Gasteiger partial charge on any atom is 0.263 e. The van der Waals surface area contributed by atoms with Gasteiger partial charge in [0, 0.05) is 39.5 Å². The van der Waals surface area contributed by atoms with E-state index in [0.717, 1.165) is 11.3 Å². The maximum absolute atomic E-state index is 12.8. The van der Waals surface area contributed by atoms with Gasteiger partial charge in [0.05, 0.1) is 4.90 Å². The van der Waals surface area contributed by atoms with Crippen LogP contribution in [0.15, 0.2) is 72.0 Å². The molecule has 1 aliphatic rings. The molecule has 4 rings (SSSR count). The highest BCUT2D eigenvalue weighted by molar-refractivity contribution is 7.92. The smallest absolute Gasteiger partial charge is 0.263 e. The minimum atomic E-state index is -3.74. The SMILES string of the molecule is Cc1cccc(OC(C)C(=O)N2CCN(c3ccc(S(=O)(=O)Nc4ccncn4)cc3)CC2)c1.N.[HH]. The van der Waals surface area contributed by atoms with Crippen molar-refractivity contribution >= 4 is 27.4 Å². The Hall–Kier alpha value is -3.70. The van der Waals surface area contributed by atoms with Gasteiger partial charge in [0.1, 0.15) is 17.9 Å². The number of carbonyl (C=O) groups is 1. The highest BCUT2D eigenvalue weighted by atomic mass is 32.2. The molecule has 188 valence electrons. The fraction of sp³-hybridized carbons (Fsp3) is 0.292. The summed E-state index contributed by atoms with van der Waals surface area (Å²) in [5.74, 6) is 0.850. The molecule has 35 heavy (non-hydrogen) atoms. The van der Waals surface area contributed by atoms with Crippen molar-refractivity contribution < 1.29 is 19.4 Å². The molecular formula is C24H32N6O4S. The van der Waals surface area contributed by atoms with E-state index < -0.39 is 16.1 Å². The van der Waals surface area contributed by atoms with Gasteiger partial charge in [-0.15, -0.1) is 0 Å². The highest BCUT2D eigenvalue weighted by Gasteiger charge is 2.26. The minimum Gasteiger partial charge on any atom is -0.481 e. The molecule has 10 nitrogen and oxygen atoms in total. The van der Waals surface area contributed by atoms with Crippen LogP contribution in [0.25, 0.3) is 0 Å². The molecule has 0 spiro atoms. The molecule has 1 unspecified atom stereocenters. The molecule has 1 amide bonds. The van der Waals surface area contributed by atoms with Crippen LogP contribution in [-0.4, -0.2) is 61.5 Å². The quantitative estimate of drug-likeness (QED) is 0.504. The lowest BCUT2D eigenvalue weighted by atomic mass is 10.2. The van der Waals surface area contributed by atoms with Gasteiger partial charge in [-0.25, -0.2) is 18.4 Å². The molecule has 0 bridgehead atoms. The molecule has 2 heterocycles. The fourth-order valence-corrected chi connectivity index (χ4v) is 4.78. The molecule has 1 saturated heterocycles. The predicted octanol–water partition coefficient (Wildman–Crippen LogP) is 3.11. The number of rotatable bonds is 7. The molecule has 2 aromatic carbocycles. The number of nitrogens with one attached hydrogen (secondary N) is 1. The van der Waals surface area contributed by atoms with Crippen molar-refractivity contribution in [2.45, 2.75) is 24.8 Å². The van der Waals surface area contributed by atoms with Crippen LogP contribution in [0, 0.1) is 6.92 Å². The first-order valence-corrected chi connectivity index (χ1v) is 12.5. The molecule has 4 N–H and O–H groups in total. The Morgan fingerprint density at radius 2 is 1.80 bits per heavy atom. The summed E-state index contributed by atoms with van der Waals surface area (Å²) in [6.07, 6.45) is 2.18. The van der Waals surface area contributed by atoms with Crippen LogP contribution in [0.4, 0.5) is 11.5 Å². The third-order valence-electron chi connectivity index (χ3n) is 5.57. The zero-order valence-corrected chi connectivity index (χ0v) is 20.6. The summed E-state index contributed by atoms with van der Waals surface area (Å²) in [6, 6.07) is 15.8. The summed E-state index contributed by atoms with van der Waals surface area (Å²) >= 11 is 0. The standard InChI is InChI=1S/C24H27N5O4S.H3N.H2/c1-18-4-3-5-21(16-18)33-19(2)24(30)29-14-12-28(13-15-29)20-6-8-22(9-7-20)34(31,32)27-23-10-11-25-17-26-23;;/h3-11,16-17,19H,12-15H2,1-2H3,(H,25,26,27);1H3;1H. The van der Waals surface area contributed by atoms with E-state index in [1.807, 2.05) is 31.2 Å². The molecule has 1 fully saturated rings. The van der Waals surface area contributed by atoms with Crippen LogP contribution in [0.1, 0.15) is 13.9 Å². The third-order valence-corrected chi connectivity index (χ3v) is 6.95. The van der Waals surface area contributed by atoms with E-state index in [9.17, 15) is 13.2 Å². The minimum absolute atomic E-state index is 0. The first-order chi connectivity index (χ1) is 16.3. The molecule has 0 radical (unpaired) electrons. The summed E-state index contributed by atoms with van der Waals surface area (Å²) in [4.78, 5) is 24.6. The van der Waals surface area contributed by atoms with Crippen LogP contribution >= 0.6 is 0 Å². The average molecular weight is 501 g/mol. The lowest BCUT2D eigenvalue weighted by Gasteiger charge is -2.37. The number of hydrogen-bond donors (Lipinski definition) is 2. The van der Waals surface area contributed by atoms with E-state index in [1.54, 1.807) is 36.1 Å². The number of anilines is 2. The van der Waals surface area contributed by atoms with Gasteiger partial charge in [0.15, 0.2) is 6.10 Å². The summed E-state index contributed by atoms with van der Waals surface area (Å²) in [5.41, 5.74) is 1.98. The van der Waals surface area contributed by atoms with E-state index in [0.29, 0.717) is 31.9 Å². The van der Waals surface area contributed by atoms with E-state index in [4.69, 9.17) is 4.74 Å². The van der Waals surface area contributed by atoms with Crippen LogP contribution in [0.5, 0.6) is 5.75 Å². The number of aromatic nitrogens is 2. The number of nitrogens with zero attached hydrogens (tertiary/aromatic N) is 4. The monoisotopic (exact) mass is 500 g/mol. The normalized spacial score (nSPS) is 14.6. The van der Waals surface area contributed by atoms with Crippen LogP contribution in [0.3, 0.4) is 0 Å². The summed E-state index contributed by atoms with van der Waals surface area (Å²) in [5, 5.41) is 0. The number of amides is 1. The average Bonchev–Trinajstić information content (AvgIpc) is 2.84. The van der Waals surface area contributed by atoms with Crippen LogP contribution < -0.4 is 20.5 Å². The van der Waals surface area contributed by atoms with Gasteiger partial charge in [-0.3, -0.25) is 9.52 Å². The first kappa shape index (κ1) is 25.9. The van der Waals surface area contributed by atoms with E-state index in [-0.39, 0.29) is 24.2 Å². The number of hydrogen-bond acceptors (Lipinski definition) is 8. The lowest BCUT2D eigenvalue weighted by molar-refractivity contribution is -0.138. The van der Waals surface area contributed by atoms with E-state index in [1.165, 1.54) is 18.6 Å². The predicted molar refractivity (Wildman–Crippen MR) is 136 cm³/mol. The summed E-state index contributed by atoms with van der Waals surface area (Å²) in [6.45, 7) is 6.18. The summed E-state index contributed by atoms with van der Waals surface area (Å²) < 4.78 is 33.4. The molecule has 1 aliphatic heterocycles. The number of sulfonamides is 1. The third kappa shape index (κ3) is 6.46. The van der Waals surface area contributed by atoms with Gasteiger partial charge in [-0.2, -0.15) is 0 Å². The van der Waals surface area contributed by atoms with Gasteiger partial charge in [0.2, 0.25) is 0 Å². The second-order valence-corrected chi connectivity index (χ2v) is 9.77. The Balaban J connectivity index is 0.00000228. The topological polar surface area (TPSA) is 140 Å². The van der Waals surface area contributed by atoms with Gasteiger partial charge < -0.3 is 20.7 Å². The van der Waals surface area contributed by atoms with Crippen molar-refractivity contribution in [3.8, 4) is 5.75 Å². The maximum atomic E-state index is 12.8. The van der Waals surface area contributed by atoms with Crippen molar-refractivity contribution in [3.05, 3.63) is 72.7 Å². The number of carbonyl (C=O) groups excluding carboxylic acids is 1. The van der Waals surface area contributed by atoms with Crippen LogP contribution in [0.2, 0.25) is 0 Å². The molecule has 1 atom stereocenters. The second-order valence-electron chi connectivity index (χ2n) is 8.08. The largest absolute Gasteiger partial charge is 0.481 e. The highest BCUT2D eigenvalue weighted by Crippen LogP contribution is 2.22. The Bertz CT molecular complexity index is 1240. The van der Waals surface area contributed by atoms with Crippen molar-refractivity contribution in [2.75, 3.05) is 35.8 Å². The number of benzene rings is 2. The molecule has 3 aromatic rings. The molecular weight excluding hydrogens is 468 g/mol. The Labute approximate surface area is 207 Å². The Kier molecular flexibility index (Phi) is 8.26. The number of aryl methyl sites for hydroxylation is 1. The number of ether oxygens (including phenoxy) is 1. The van der Waals surface area contributed by atoms with E-state index >= 15 is 0 Å². The van der Waals surface area contributed by atoms with Gasteiger partial charge in [-0.1, -0.05) is 12.1 Å². The number of piperazine rings is 1. The molecule has 0 aliphatic carbocycles. The van der Waals surface area contributed by atoms with Crippen molar-refractivity contribution in [1.29, 1.82) is 0 Å². The van der Waals surface area contributed by atoms with Crippen molar-refractivity contribution in [2.24, 2.45) is 0 Å². The van der Waals surface area contributed by atoms with Gasteiger partial charge in [-0.05, 0) is 61.9 Å². The Morgan fingerprint density at radius 1 is 1.09 bits per heavy atom. The second kappa shape index (κ2) is 11.2. The van der Waals surface area contributed by atoms with E-state index in [2.05, 4.69) is 19.6 Å². The van der Waals surface area contributed by atoms with Gasteiger partial charge in [0.25, 0.3) is 15.9 Å². The fourth-order valence-electron chi connectivity index (χ4n) is 3.77. The van der Waals surface area contributed by atoms with Gasteiger partial charge >= 0.3 is 0 Å². The first-order valence-electron chi connectivity index (χ1n) is 11.0. The van der Waals surface area contributed by atoms with Crippen molar-refractivity contribution in [1.82, 2.24) is 21.0 Å². The molecule has 11 heteroatoms. The Morgan fingerprint density at radius 3 is 2.43 bits per heavy atom. The summed E-state index contributed by atoms with van der Waals surface area (Å²) in [7, 11) is -3.74. The van der Waals surface area contributed by atoms with Crippen molar-refractivity contribution in [3.63, 3.8) is 0 Å². The zero-order chi connectivity index (χ0) is 24.1. The lowest BCUT2D eigenvalue weighted by Crippen LogP contribution is -2.52. The zero-order valence-electron chi connectivity index (χ0n) is 19.8. The van der Waals surface area contributed by atoms with Crippen LogP contribution in [-0.2, 0) is 14.8 Å². The molecule has 1 aromatic heterocycles.